The standard InChI is InChI=1S/C37H42O5Si/c1-37(2,3)43(31-15-7-5-8-16-31,32-17-9-6-10-18-32)42-27-28(26-36(40)29-22-24-30(41-4)25-23-29)14-13-21-35(39)33-19-11-12-20-34(33)38/h5-13,15-20,22-25,35-36,38-40H,21,26-27H2,1-4H3/t14?,35-,36-/m1/s1. The molecule has 0 bridgehead atoms. The van der Waals surface area contributed by atoms with Crippen LogP contribution >= 0.6 is 0 Å². The maximum absolute atomic E-state index is 11.3. The van der Waals surface area contributed by atoms with E-state index >= 15 is 0 Å². The number of para-hydroxylation sites is 1. The summed E-state index contributed by atoms with van der Waals surface area (Å²) in [5.74, 6) is 0.775. The molecule has 0 aliphatic heterocycles. The number of benzene rings is 4. The Labute approximate surface area is 256 Å². The van der Waals surface area contributed by atoms with E-state index in [-0.39, 0.29) is 23.8 Å². The fraction of sp³-hybridized carbons (Fsp3) is 0.270. The average molecular weight is 595 g/mol. The SMILES string of the molecule is COc1ccc([C@H](O)CC(=C=CC[C@@H](O)c2ccccc2O)CO[Si](c2ccccc2)(c2ccccc2)C(C)(C)C)cc1. The molecule has 0 aliphatic rings. The predicted molar refractivity (Wildman–Crippen MR) is 175 cm³/mol. The number of rotatable bonds is 12. The number of ether oxygens (including phenoxy) is 1. The number of aliphatic hydroxyl groups is 2. The second-order valence-corrected chi connectivity index (χ2v) is 16.0. The van der Waals surface area contributed by atoms with Gasteiger partial charge in [0.05, 0.1) is 25.9 Å². The molecular weight excluding hydrogens is 552 g/mol. The highest BCUT2D eigenvalue weighted by Crippen LogP contribution is 2.37. The lowest BCUT2D eigenvalue weighted by molar-refractivity contribution is 0.172. The van der Waals surface area contributed by atoms with Gasteiger partial charge in [0.2, 0.25) is 0 Å². The zero-order valence-corrected chi connectivity index (χ0v) is 26.4. The second-order valence-electron chi connectivity index (χ2n) is 11.7. The fourth-order valence-electron chi connectivity index (χ4n) is 5.50. The van der Waals surface area contributed by atoms with E-state index in [9.17, 15) is 15.3 Å². The van der Waals surface area contributed by atoms with E-state index in [2.05, 4.69) is 75.0 Å². The normalized spacial score (nSPS) is 13.1. The van der Waals surface area contributed by atoms with Crippen LogP contribution in [0.5, 0.6) is 11.5 Å². The molecule has 0 spiro atoms. The Kier molecular flexibility index (Phi) is 10.8. The zero-order chi connectivity index (χ0) is 30.9. The lowest BCUT2D eigenvalue weighted by atomic mass is 10.0. The molecule has 0 aromatic heterocycles. The van der Waals surface area contributed by atoms with Gasteiger partial charge in [0.25, 0.3) is 8.32 Å². The fourth-order valence-corrected chi connectivity index (χ4v) is 10.1. The van der Waals surface area contributed by atoms with Crippen molar-refractivity contribution in [3.63, 3.8) is 0 Å². The smallest absolute Gasteiger partial charge is 0.261 e. The Morgan fingerprint density at radius 3 is 1.88 bits per heavy atom. The Morgan fingerprint density at radius 2 is 1.35 bits per heavy atom. The lowest BCUT2D eigenvalue weighted by Crippen LogP contribution is -2.66. The van der Waals surface area contributed by atoms with Gasteiger partial charge in [-0.15, -0.1) is 5.73 Å². The molecule has 0 radical (unpaired) electrons. The van der Waals surface area contributed by atoms with Crippen molar-refractivity contribution in [2.75, 3.05) is 13.7 Å². The summed E-state index contributed by atoms with van der Waals surface area (Å²) in [5.41, 5.74) is 5.36. The first-order chi connectivity index (χ1) is 20.7. The summed E-state index contributed by atoms with van der Waals surface area (Å²) >= 11 is 0. The highest BCUT2D eigenvalue weighted by atomic mass is 28.4. The topological polar surface area (TPSA) is 79.2 Å². The van der Waals surface area contributed by atoms with Gasteiger partial charge < -0.3 is 24.5 Å². The van der Waals surface area contributed by atoms with Gasteiger partial charge in [-0.3, -0.25) is 0 Å². The highest BCUT2D eigenvalue weighted by Gasteiger charge is 2.50. The van der Waals surface area contributed by atoms with E-state index in [1.165, 1.54) is 10.4 Å². The van der Waals surface area contributed by atoms with Gasteiger partial charge in [-0.1, -0.05) is 112 Å². The molecular formula is C37H42O5Si. The summed E-state index contributed by atoms with van der Waals surface area (Å²) < 4.78 is 12.4. The van der Waals surface area contributed by atoms with Crippen LogP contribution in [0.3, 0.4) is 0 Å². The minimum Gasteiger partial charge on any atom is -0.508 e. The van der Waals surface area contributed by atoms with E-state index in [4.69, 9.17) is 9.16 Å². The van der Waals surface area contributed by atoms with Crippen LogP contribution in [0.1, 0.15) is 56.9 Å². The first-order valence-corrected chi connectivity index (χ1v) is 16.5. The van der Waals surface area contributed by atoms with Crippen molar-refractivity contribution in [1.82, 2.24) is 0 Å². The molecule has 5 nitrogen and oxygen atoms in total. The molecule has 0 aliphatic carbocycles. The number of methoxy groups -OCH3 is 1. The minimum absolute atomic E-state index is 0.0533. The van der Waals surface area contributed by atoms with Crippen molar-refractivity contribution < 1.29 is 24.5 Å². The van der Waals surface area contributed by atoms with Gasteiger partial charge in [0.1, 0.15) is 11.5 Å². The summed E-state index contributed by atoms with van der Waals surface area (Å²) in [6.45, 7) is 6.94. The Bertz CT molecular complexity index is 1460. The first-order valence-electron chi connectivity index (χ1n) is 14.6. The molecule has 0 fully saturated rings. The second kappa shape index (κ2) is 14.5. The molecule has 6 heteroatoms. The molecule has 3 N–H and O–H groups in total. The van der Waals surface area contributed by atoms with Gasteiger partial charge in [-0.25, -0.2) is 0 Å². The number of hydrogen-bond donors (Lipinski definition) is 3. The van der Waals surface area contributed by atoms with Crippen molar-refractivity contribution >= 4 is 18.7 Å². The molecule has 0 heterocycles. The van der Waals surface area contributed by atoms with Crippen molar-refractivity contribution in [2.24, 2.45) is 0 Å². The third-order valence-electron chi connectivity index (χ3n) is 7.76. The van der Waals surface area contributed by atoms with Crippen LogP contribution < -0.4 is 15.1 Å². The number of phenolic OH excluding ortho intramolecular Hbond substituents is 1. The molecule has 4 aromatic carbocycles. The maximum Gasteiger partial charge on any atom is 0.261 e. The van der Waals surface area contributed by atoms with Crippen LogP contribution in [0, 0.1) is 0 Å². The van der Waals surface area contributed by atoms with E-state index in [0.717, 1.165) is 16.9 Å². The number of aliphatic hydroxyl groups excluding tert-OH is 2. The van der Waals surface area contributed by atoms with Crippen LogP contribution in [-0.4, -0.2) is 37.4 Å². The number of aromatic hydroxyl groups is 1. The molecule has 0 unspecified atom stereocenters. The van der Waals surface area contributed by atoms with Crippen molar-refractivity contribution in [2.45, 2.75) is 50.9 Å². The third kappa shape index (κ3) is 7.74. The largest absolute Gasteiger partial charge is 0.508 e. The van der Waals surface area contributed by atoms with Gasteiger partial charge in [0.15, 0.2) is 0 Å². The quantitative estimate of drug-likeness (QED) is 0.127. The van der Waals surface area contributed by atoms with E-state index in [1.54, 1.807) is 37.5 Å². The molecule has 0 saturated carbocycles. The minimum atomic E-state index is -2.83. The van der Waals surface area contributed by atoms with Crippen LogP contribution in [0.2, 0.25) is 5.04 Å². The van der Waals surface area contributed by atoms with E-state index in [1.807, 2.05) is 36.4 Å². The predicted octanol–water partition coefficient (Wildman–Crippen LogP) is 6.61. The van der Waals surface area contributed by atoms with Crippen molar-refractivity contribution in [1.29, 1.82) is 0 Å². The number of phenols is 1. The molecule has 4 aromatic rings. The van der Waals surface area contributed by atoms with Gasteiger partial charge in [0, 0.05) is 18.4 Å². The van der Waals surface area contributed by atoms with Crippen molar-refractivity contribution in [3.05, 3.63) is 138 Å². The van der Waals surface area contributed by atoms with Gasteiger partial charge >= 0.3 is 0 Å². The summed E-state index contributed by atoms with van der Waals surface area (Å²) in [6.07, 6.45) is 0.640. The van der Waals surface area contributed by atoms with E-state index in [0.29, 0.717) is 12.0 Å². The Balaban J connectivity index is 1.71. The highest BCUT2D eigenvalue weighted by molar-refractivity contribution is 6.99. The lowest BCUT2D eigenvalue weighted by Gasteiger charge is -2.43. The Morgan fingerprint density at radius 1 is 0.791 bits per heavy atom. The van der Waals surface area contributed by atoms with Crippen LogP contribution in [0.4, 0.5) is 0 Å². The van der Waals surface area contributed by atoms with Crippen molar-refractivity contribution in [3.8, 4) is 11.5 Å². The average Bonchev–Trinajstić information content (AvgIpc) is 3.01. The molecule has 4 rings (SSSR count). The molecule has 0 amide bonds. The van der Waals surface area contributed by atoms with Gasteiger partial charge in [-0.05, 0) is 50.8 Å². The zero-order valence-electron chi connectivity index (χ0n) is 25.4. The van der Waals surface area contributed by atoms with Crippen LogP contribution in [0.15, 0.2) is 127 Å². The van der Waals surface area contributed by atoms with Crippen LogP contribution in [-0.2, 0) is 4.43 Å². The maximum atomic E-state index is 11.3. The first kappa shape index (κ1) is 32.0. The van der Waals surface area contributed by atoms with E-state index < -0.39 is 20.5 Å². The van der Waals surface area contributed by atoms with Gasteiger partial charge in [-0.2, -0.15) is 0 Å². The molecule has 43 heavy (non-hydrogen) atoms. The summed E-state index contributed by atoms with van der Waals surface area (Å²) in [4.78, 5) is 0. The molecule has 2 atom stereocenters. The number of hydrogen-bond acceptors (Lipinski definition) is 5. The summed E-state index contributed by atoms with van der Waals surface area (Å²) in [6, 6.07) is 35.0. The third-order valence-corrected chi connectivity index (χ3v) is 12.7. The monoisotopic (exact) mass is 594 g/mol. The Hall–Kier alpha value is -3.90. The molecule has 224 valence electrons. The molecule has 0 saturated heterocycles. The van der Waals surface area contributed by atoms with Crippen LogP contribution in [0.25, 0.3) is 0 Å². The summed E-state index contributed by atoms with van der Waals surface area (Å²) in [5, 5.41) is 34.3. The summed E-state index contributed by atoms with van der Waals surface area (Å²) in [7, 11) is -1.22.